The summed E-state index contributed by atoms with van der Waals surface area (Å²) >= 11 is 0. The quantitative estimate of drug-likeness (QED) is 0.747. The summed E-state index contributed by atoms with van der Waals surface area (Å²) in [6.07, 6.45) is 9.35. The Bertz CT molecular complexity index is 509. The van der Waals surface area contributed by atoms with E-state index in [9.17, 15) is 4.79 Å². The van der Waals surface area contributed by atoms with Crippen LogP contribution in [0.4, 0.5) is 0 Å². The van der Waals surface area contributed by atoms with Crippen molar-refractivity contribution in [3.05, 3.63) is 36.2 Å². The number of pyridine rings is 1. The molecule has 0 bridgehead atoms. The second-order valence-electron chi connectivity index (χ2n) is 6.39. The van der Waals surface area contributed by atoms with Gasteiger partial charge < -0.3 is 14.7 Å². The van der Waals surface area contributed by atoms with Gasteiger partial charge in [-0.15, -0.1) is 0 Å². The van der Waals surface area contributed by atoms with Crippen LogP contribution in [0.3, 0.4) is 0 Å². The van der Waals surface area contributed by atoms with Crippen molar-refractivity contribution >= 4 is 12.0 Å². The summed E-state index contributed by atoms with van der Waals surface area (Å²) in [5.41, 5.74) is 0.991. The number of amides is 1. The first-order valence-electron chi connectivity index (χ1n) is 8.28. The van der Waals surface area contributed by atoms with Crippen molar-refractivity contribution in [2.75, 3.05) is 47.3 Å². The normalized spacial score (nSPS) is 17.0. The van der Waals surface area contributed by atoms with Gasteiger partial charge in [-0.25, -0.2) is 0 Å². The van der Waals surface area contributed by atoms with E-state index < -0.39 is 0 Å². The van der Waals surface area contributed by atoms with Gasteiger partial charge >= 0.3 is 0 Å². The summed E-state index contributed by atoms with van der Waals surface area (Å²) in [6, 6.07) is 4.41. The third-order valence-corrected chi connectivity index (χ3v) is 4.60. The number of hydrogen-bond donors (Lipinski definition) is 0. The fourth-order valence-corrected chi connectivity index (χ4v) is 2.81. The number of likely N-dealkylation sites (N-methyl/N-ethyl adjacent to an activating group) is 2. The van der Waals surface area contributed by atoms with Crippen LogP contribution in [0.1, 0.15) is 18.4 Å². The molecule has 1 aliphatic heterocycles. The molecule has 0 radical (unpaired) electrons. The van der Waals surface area contributed by atoms with E-state index in [0.29, 0.717) is 6.04 Å². The summed E-state index contributed by atoms with van der Waals surface area (Å²) in [5, 5.41) is 0. The zero-order valence-electron chi connectivity index (χ0n) is 14.5. The predicted molar refractivity (Wildman–Crippen MR) is 94.1 cm³/mol. The summed E-state index contributed by atoms with van der Waals surface area (Å²) in [6.45, 7) is 4.00. The van der Waals surface area contributed by atoms with Crippen molar-refractivity contribution in [3.8, 4) is 0 Å². The minimum Gasteiger partial charge on any atom is -0.341 e. The molecule has 0 atom stereocenters. The maximum absolute atomic E-state index is 12.1. The molecule has 2 heterocycles. The largest absolute Gasteiger partial charge is 0.341 e. The Morgan fingerprint density at radius 3 is 2.57 bits per heavy atom. The molecule has 1 saturated heterocycles. The molecule has 0 N–H and O–H groups in total. The molecule has 23 heavy (non-hydrogen) atoms. The molecular weight excluding hydrogens is 288 g/mol. The highest BCUT2D eigenvalue weighted by Gasteiger charge is 2.20. The van der Waals surface area contributed by atoms with E-state index >= 15 is 0 Å². The van der Waals surface area contributed by atoms with Gasteiger partial charge in [-0.05, 0) is 63.8 Å². The van der Waals surface area contributed by atoms with Gasteiger partial charge in [0.05, 0.1) is 0 Å². The zero-order chi connectivity index (χ0) is 16.7. The second kappa shape index (κ2) is 8.79. The number of aromatic nitrogens is 1. The second-order valence-corrected chi connectivity index (χ2v) is 6.39. The first-order valence-corrected chi connectivity index (χ1v) is 8.28. The Kier molecular flexibility index (Phi) is 6.74. The van der Waals surface area contributed by atoms with Gasteiger partial charge in [0.2, 0.25) is 5.91 Å². The molecule has 2 rings (SSSR count). The monoisotopic (exact) mass is 316 g/mol. The summed E-state index contributed by atoms with van der Waals surface area (Å²) in [5.74, 6) is 0.0404. The molecular formula is C18H28N4O. The zero-order valence-corrected chi connectivity index (χ0v) is 14.5. The third-order valence-electron chi connectivity index (χ3n) is 4.60. The minimum absolute atomic E-state index is 0.0404. The van der Waals surface area contributed by atoms with Crippen molar-refractivity contribution in [2.45, 2.75) is 18.9 Å². The van der Waals surface area contributed by atoms with E-state index in [4.69, 9.17) is 0 Å². The smallest absolute Gasteiger partial charge is 0.246 e. The molecule has 126 valence electrons. The maximum atomic E-state index is 12.1. The van der Waals surface area contributed by atoms with E-state index in [-0.39, 0.29) is 5.91 Å². The Hall–Kier alpha value is -1.72. The molecule has 1 aliphatic rings. The van der Waals surface area contributed by atoms with Gasteiger partial charge in [0, 0.05) is 44.6 Å². The Labute approximate surface area is 139 Å². The number of likely N-dealkylation sites (tertiary alicyclic amines) is 1. The Balaban J connectivity index is 1.74. The average Bonchev–Trinajstić information content (AvgIpc) is 2.58. The van der Waals surface area contributed by atoms with Crippen LogP contribution in [0.2, 0.25) is 0 Å². The highest BCUT2D eigenvalue weighted by Crippen LogP contribution is 2.13. The topological polar surface area (TPSA) is 39.7 Å². The minimum atomic E-state index is 0.0404. The van der Waals surface area contributed by atoms with E-state index in [1.807, 2.05) is 25.3 Å². The number of carbonyl (C=O) groups excluding carboxylic acids is 1. The van der Waals surface area contributed by atoms with Crippen molar-refractivity contribution in [3.63, 3.8) is 0 Å². The van der Waals surface area contributed by atoms with Crippen LogP contribution in [0.5, 0.6) is 0 Å². The molecule has 0 aromatic carbocycles. The van der Waals surface area contributed by atoms with Crippen molar-refractivity contribution in [2.24, 2.45) is 0 Å². The maximum Gasteiger partial charge on any atom is 0.246 e. The Morgan fingerprint density at radius 2 is 1.91 bits per heavy atom. The fraction of sp³-hybridized carbons (Fsp3) is 0.556. The van der Waals surface area contributed by atoms with Gasteiger partial charge in [0.1, 0.15) is 0 Å². The first kappa shape index (κ1) is 17.6. The molecule has 1 aromatic heterocycles. The van der Waals surface area contributed by atoms with Crippen LogP contribution in [0, 0.1) is 0 Å². The fourth-order valence-electron chi connectivity index (χ4n) is 2.81. The first-order chi connectivity index (χ1) is 11.1. The number of carbonyl (C=O) groups is 1. The van der Waals surface area contributed by atoms with Crippen molar-refractivity contribution in [1.29, 1.82) is 0 Å². The molecule has 0 aliphatic carbocycles. The number of hydrogen-bond acceptors (Lipinski definition) is 4. The molecule has 1 amide bonds. The van der Waals surface area contributed by atoms with Gasteiger partial charge in [0.15, 0.2) is 0 Å². The van der Waals surface area contributed by atoms with E-state index in [1.165, 1.54) is 25.9 Å². The van der Waals surface area contributed by atoms with Crippen LogP contribution < -0.4 is 0 Å². The van der Waals surface area contributed by atoms with E-state index in [1.54, 1.807) is 23.4 Å². The van der Waals surface area contributed by atoms with Crippen molar-refractivity contribution in [1.82, 2.24) is 19.7 Å². The summed E-state index contributed by atoms with van der Waals surface area (Å²) in [4.78, 5) is 22.7. The predicted octanol–water partition coefficient (Wildman–Crippen LogP) is 1.58. The lowest BCUT2D eigenvalue weighted by Crippen LogP contribution is -2.44. The third kappa shape index (κ3) is 5.77. The molecule has 5 heteroatoms. The van der Waals surface area contributed by atoms with E-state index in [0.717, 1.165) is 18.7 Å². The molecule has 0 unspecified atom stereocenters. The molecule has 0 saturated carbocycles. The average molecular weight is 316 g/mol. The lowest BCUT2D eigenvalue weighted by atomic mass is 10.0. The summed E-state index contributed by atoms with van der Waals surface area (Å²) < 4.78 is 0. The lowest BCUT2D eigenvalue weighted by Gasteiger charge is -2.35. The van der Waals surface area contributed by atoms with Crippen LogP contribution >= 0.6 is 0 Å². The van der Waals surface area contributed by atoms with Gasteiger partial charge in [-0.3, -0.25) is 9.78 Å². The van der Waals surface area contributed by atoms with Crippen LogP contribution in [-0.2, 0) is 4.79 Å². The highest BCUT2D eigenvalue weighted by atomic mass is 16.2. The molecule has 0 spiro atoms. The van der Waals surface area contributed by atoms with Gasteiger partial charge in [0.25, 0.3) is 0 Å². The van der Waals surface area contributed by atoms with E-state index in [2.05, 4.69) is 28.9 Å². The standard InChI is InChI=1S/C18H28N4O/c1-20-12-8-17(9-13-20)21(2)14-15-22(3)18(23)5-4-16-6-10-19-11-7-16/h4-7,10-11,17H,8-9,12-15H2,1-3H3. The van der Waals surface area contributed by atoms with Crippen LogP contribution in [0.15, 0.2) is 30.6 Å². The Morgan fingerprint density at radius 1 is 1.26 bits per heavy atom. The number of piperidine rings is 1. The van der Waals surface area contributed by atoms with Crippen LogP contribution in [0.25, 0.3) is 6.08 Å². The SMILES string of the molecule is CN1CCC(N(C)CCN(C)C(=O)C=Cc2ccncc2)CC1. The van der Waals surface area contributed by atoms with Crippen molar-refractivity contribution < 1.29 is 4.79 Å². The molecule has 1 fully saturated rings. The van der Waals surface area contributed by atoms with Gasteiger partial charge in [-0.1, -0.05) is 0 Å². The van der Waals surface area contributed by atoms with Crippen LogP contribution in [-0.4, -0.2) is 79.0 Å². The van der Waals surface area contributed by atoms with Gasteiger partial charge in [-0.2, -0.15) is 0 Å². The lowest BCUT2D eigenvalue weighted by molar-refractivity contribution is -0.124. The molecule has 1 aromatic rings. The number of nitrogens with zero attached hydrogens (tertiary/aromatic N) is 4. The summed E-state index contributed by atoms with van der Waals surface area (Å²) in [7, 11) is 6.21. The number of rotatable bonds is 6. The highest BCUT2D eigenvalue weighted by molar-refractivity contribution is 5.91. The molecule has 5 nitrogen and oxygen atoms in total.